The normalized spacial score (nSPS) is 19.6. The predicted molar refractivity (Wildman–Crippen MR) is 70.8 cm³/mol. The third-order valence-electron chi connectivity index (χ3n) is 3.76. The molecule has 3 rings (SSSR count). The van der Waals surface area contributed by atoms with Crippen molar-refractivity contribution in [3.8, 4) is 0 Å². The van der Waals surface area contributed by atoms with Crippen LogP contribution in [0.5, 0.6) is 0 Å². The Balaban J connectivity index is 2.37. The lowest BCUT2D eigenvalue weighted by Gasteiger charge is -2.17. The summed E-state index contributed by atoms with van der Waals surface area (Å²) in [5.41, 5.74) is 1.40. The van der Waals surface area contributed by atoms with E-state index in [1.54, 1.807) is 23.0 Å². The molecule has 0 N–H and O–H groups in total. The number of hydrogen-bond acceptors (Lipinski definition) is 3. The van der Waals surface area contributed by atoms with Gasteiger partial charge >= 0.3 is 0 Å². The molecule has 0 saturated heterocycles. The Morgan fingerprint density at radius 3 is 3.00 bits per heavy atom. The van der Waals surface area contributed by atoms with E-state index in [2.05, 4.69) is 11.9 Å². The second-order valence-electron chi connectivity index (χ2n) is 5.06. The summed E-state index contributed by atoms with van der Waals surface area (Å²) in [6.07, 6.45) is 3.34. The van der Waals surface area contributed by atoms with Crippen LogP contribution >= 0.6 is 11.3 Å². The lowest BCUT2D eigenvalue weighted by Crippen LogP contribution is -2.21. The van der Waals surface area contributed by atoms with Crippen LogP contribution in [0, 0.1) is 12.8 Å². The van der Waals surface area contributed by atoms with Gasteiger partial charge in [-0.25, -0.2) is 4.98 Å². The van der Waals surface area contributed by atoms with Gasteiger partial charge in [-0.1, -0.05) is 6.92 Å². The van der Waals surface area contributed by atoms with E-state index in [0.29, 0.717) is 0 Å². The minimum Gasteiger partial charge on any atom is -0.299 e. The second kappa shape index (κ2) is 3.67. The van der Waals surface area contributed by atoms with Crippen molar-refractivity contribution in [2.75, 3.05) is 0 Å². The van der Waals surface area contributed by atoms with Crippen molar-refractivity contribution in [1.82, 2.24) is 9.55 Å². The highest BCUT2D eigenvalue weighted by Gasteiger charge is 2.23. The van der Waals surface area contributed by atoms with Gasteiger partial charge in [-0.05, 0) is 37.7 Å². The fourth-order valence-electron chi connectivity index (χ4n) is 2.57. The lowest BCUT2D eigenvalue weighted by molar-refractivity contribution is 0.509. The number of thiophene rings is 1. The molecule has 2 heterocycles. The molecular weight excluding hydrogens is 232 g/mol. The highest BCUT2D eigenvalue weighted by molar-refractivity contribution is 7.18. The molecule has 0 fully saturated rings. The Bertz CT molecular complexity index is 653. The standard InChI is InChI=1S/C13H16N2OS/c1-7-4-5-9-10(6-7)17-12-11(9)13(16)15(3)8(2)14-12/h7H,4-6H2,1-3H3. The molecule has 0 spiro atoms. The van der Waals surface area contributed by atoms with Gasteiger partial charge < -0.3 is 0 Å². The maximum Gasteiger partial charge on any atom is 0.262 e. The van der Waals surface area contributed by atoms with Crippen molar-refractivity contribution in [1.29, 1.82) is 0 Å². The summed E-state index contributed by atoms with van der Waals surface area (Å²) in [6.45, 7) is 4.17. The van der Waals surface area contributed by atoms with Gasteiger partial charge in [0.1, 0.15) is 10.7 Å². The number of aryl methyl sites for hydroxylation is 2. The lowest BCUT2D eigenvalue weighted by atomic mass is 9.89. The van der Waals surface area contributed by atoms with Crippen molar-refractivity contribution < 1.29 is 0 Å². The van der Waals surface area contributed by atoms with Gasteiger partial charge in [0.15, 0.2) is 0 Å². The largest absolute Gasteiger partial charge is 0.299 e. The van der Waals surface area contributed by atoms with Crippen molar-refractivity contribution in [3.05, 3.63) is 26.6 Å². The molecule has 0 radical (unpaired) electrons. The van der Waals surface area contributed by atoms with Gasteiger partial charge in [0.05, 0.1) is 5.39 Å². The van der Waals surface area contributed by atoms with Crippen LogP contribution in [-0.4, -0.2) is 9.55 Å². The first-order chi connectivity index (χ1) is 8.08. The Morgan fingerprint density at radius 2 is 2.24 bits per heavy atom. The molecule has 2 aromatic heterocycles. The molecule has 1 unspecified atom stereocenters. The smallest absolute Gasteiger partial charge is 0.262 e. The predicted octanol–water partition coefficient (Wildman–Crippen LogP) is 2.43. The molecule has 1 atom stereocenters. The number of hydrogen-bond donors (Lipinski definition) is 0. The van der Waals surface area contributed by atoms with E-state index in [-0.39, 0.29) is 5.56 Å². The quantitative estimate of drug-likeness (QED) is 0.717. The van der Waals surface area contributed by atoms with Crippen molar-refractivity contribution >= 4 is 21.6 Å². The van der Waals surface area contributed by atoms with Gasteiger partial charge in [0.25, 0.3) is 5.56 Å². The Labute approximate surface area is 104 Å². The van der Waals surface area contributed by atoms with Crippen LogP contribution in [-0.2, 0) is 19.9 Å². The summed E-state index contributed by atoms with van der Waals surface area (Å²) < 4.78 is 1.66. The zero-order valence-electron chi connectivity index (χ0n) is 10.4. The summed E-state index contributed by atoms with van der Waals surface area (Å²) in [5.74, 6) is 1.54. The van der Waals surface area contributed by atoms with E-state index in [1.807, 2.05) is 6.92 Å². The summed E-state index contributed by atoms with van der Waals surface area (Å²) >= 11 is 1.72. The molecule has 1 aliphatic rings. The van der Waals surface area contributed by atoms with Crippen LogP contribution in [0.1, 0.15) is 29.6 Å². The van der Waals surface area contributed by atoms with E-state index in [1.165, 1.54) is 16.9 Å². The highest BCUT2D eigenvalue weighted by atomic mass is 32.1. The molecule has 90 valence electrons. The average Bonchev–Trinajstić information content (AvgIpc) is 2.63. The van der Waals surface area contributed by atoms with Crippen LogP contribution in [0.15, 0.2) is 4.79 Å². The number of nitrogens with zero attached hydrogens (tertiary/aromatic N) is 2. The summed E-state index contributed by atoms with van der Waals surface area (Å²) in [7, 11) is 1.81. The Morgan fingerprint density at radius 1 is 1.47 bits per heavy atom. The molecule has 0 aliphatic heterocycles. The Kier molecular flexibility index (Phi) is 2.36. The maximum absolute atomic E-state index is 12.3. The number of rotatable bonds is 0. The van der Waals surface area contributed by atoms with E-state index in [0.717, 1.165) is 34.8 Å². The summed E-state index contributed by atoms with van der Waals surface area (Å²) in [6, 6.07) is 0. The van der Waals surface area contributed by atoms with Crippen LogP contribution < -0.4 is 5.56 Å². The van der Waals surface area contributed by atoms with Crippen molar-refractivity contribution in [2.24, 2.45) is 13.0 Å². The Hall–Kier alpha value is -1.16. The fourth-order valence-corrected chi connectivity index (χ4v) is 3.99. The highest BCUT2D eigenvalue weighted by Crippen LogP contribution is 2.35. The van der Waals surface area contributed by atoms with E-state index >= 15 is 0 Å². The monoisotopic (exact) mass is 248 g/mol. The van der Waals surface area contributed by atoms with Crippen LogP contribution in [0.4, 0.5) is 0 Å². The molecule has 0 saturated carbocycles. The summed E-state index contributed by atoms with van der Waals surface area (Å²) in [4.78, 5) is 19.2. The zero-order valence-corrected chi connectivity index (χ0v) is 11.2. The fraction of sp³-hybridized carbons (Fsp3) is 0.538. The van der Waals surface area contributed by atoms with Crippen LogP contribution in [0.3, 0.4) is 0 Å². The topological polar surface area (TPSA) is 34.9 Å². The van der Waals surface area contributed by atoms with Gasteiger partial charge in [-0.3, -0.25) is 9.36 Å². The molecule has 3 nitrogen and oxygen atoms in total. The van der Waals surface area contributed by atoms with Crippen molar-refractivity contribution in [3.63, 3.8) is 0 Å². The molecule has 2 aromatic rings. The van der Waals surface area contributed by atoms with Gasteiger partial charge in [0.2, 0.25) is 0 Å². The first-order valence-corrected chi connectivity index (χ1v) is 6.87. The minimum absolute atomic E-state index is 0.125. The maximum atomic E-state index is 12.3. The van der Waals surface area contributed by atoms with Crippen LogP contribution in [0.2, 0.25) is 0 Å². The SMILES string of the molecule is Cc1nc2sc3c(c2c(=O)n1C)CCC(C)C3. The second-order valence-corrected chi connectivity index (χ2v) is 6.14. The molecule has 0 amide bonds. The third kappa shape index (κ3) is 1.54. The van der Waals surface area contributed by atoms with Gasteiger partial charge in [-0.2, -0.15) is 0 Å². The third-order valence-corrected chi connectivity index (χ3v) is 4.91. The molecule has 0 aromatic carbocycles. The minimum atomic E-state index is 0.125. The summed E-state index contributed by atoms with van der Waals surface area (Å²) in [5, 5.41) is 0.880. The molecule has 17 heavy (non-hydrogen) atoms. The first-order valence-electron chi connectivity index (χ1n) is 6.05. The van der Waals surface area contributed by atoms with E-state index in [4.69, 9.17) is 0 Å². The first kappa shape index (κ1) is 11.0. The van der Waals surface area contributed by atoms with E-state index < -0.39 is 0 Å². The molecular formula is C13H16N2OS. The van der Waals surface area contributed by atoms with Crippen LogP contribution in [0.25, 0.3) is 10.2 Å². The van der Waals surface area contributed by atoms with Crippen molar-refractivity contribution in [2.45, 2.75) is 33.1 Å². The molecule has 1 aliphatic carbocycles. The van der Waals surface area contributed by atoms with Gasteiger partial charge in [-0.15, -0.1) is 11.3 Å². The van der Waals surface area contributed by atoms with E-state index in [9.17, 15) is 4.79 Å². The molecule has 0 bridgehead atoms. The van der Waals surface area contributed by atoms with Gasteiger partial charge in [0, 0.05) is 11.9 Å². The number of fused-ring (bicyclic) bond motifs is 3. The number of aromatic nitrogens is 2. The molecule has 4 heteroatoms. The average molecular weight is 248 g/mol. The zero-order chi connectivity index (χ0) is 12.2.